The summed E-state index contributed by atoms with van der Waals surface area (Å²) >= 11 is 0. The number of nitrogens with one attached hydrogen (secondary N) is 1. The third-order valence-electron chi connectivity index (χ3n) is 3.04. The summed E-state index contributed by atoms with van der Waals surface area (Å²) < 4.78 is 1.65. The first-order chi connectivity index (χ1) is 9.36. The van der Waals surface area contributed by atoms with E-state index in [2.05, 4.69) is 16.4 Å². The van der Waals surface area contributed by atoms with E-state index in [0.717, 1.165) is 0 Å². The molecule has 2 atom stereocenters. The van der Waals surface area contributed by atoms with Gasteiger partial charge in [0, 0.05) is 12.1 Å². The first-order valence-electron chi connectivity index (χ1n) is 6.43. The lowest BCUT2D eigenvalue weighted by Crippen LogP contribution is -2.46. The Kier molecular flexibility index (Phi) is 4.86. The van der Waals surface area contributed by atoms with E-state index in [4.69, 9.17) is 10.5 Å². The van der Waals surface area contributed by atoms with E-state index in [-0.39, 0.29) is 23.5 Å². The molecule has 1 rings (SSSR count). The highest BCUT2D eigenvalue weighted by atomic mass is 15.1. The molecule has 1 aromatic rings. The van der Waals surface area contributed by atoms with Crippen LogP contribution in [0.5, 0.6) is 0 Å². The molecule has 0 fully saturated rings. The second-order valence-corrected chi connectivity index (χ2v) is 5.37. The maximum Gasteiger partial charge on any atom is 0.176 e. The van der Waals surface area contributed by atoms with Crippen LogP contribution in [0.25, 0.3) is 0 Å². The van der Waals surface area contributed by atoms with Crippen molar-refractivity contribution >= 4 is 0 Å². The van der Waals surface area contributed by atoms with Crippen LogP contribution in [0, 0.1) is 34.0 Å². The summed E-state index contributed by atoms with van der Waals surface area (Å²) in [6.07, 6.45) is 1.99. The lowest BCUT2D eigenvalue weighted by molar-refractivity contribution is 0.326. The van der Waals surface area contributed by atoms with Gasteiger partial charge in [0.05, 0.1) is 12.4 Å². The van der Waals surface area contributed by atoms with E-state index in [9.17, 15) is 5.26 Å². The van der Waals surface area contributed by atoms with E-state index >= 15 is 0 Å². The van der Waals surface area contributed by atoms with E-state index in [1.165, 1.54) is 6.33 Å². The van der Waals surface area contributed by atoms with Crippen LogP contribution in [0.2, 0.25) is 0 Å². The summed E-state index contributed by atoms with van der Waals surface area (Å²) in [5.41, 5.74) is -0.336. The zero-order valence-corrected chi connectivity index (χ0v) is 12.2. The summed E-state index contributed by atoms with van der Waals surface area (Å²) in [5, 5.41) is 30.6. The minimum Gasteiger partial charge on any atom is -0.318 e. The Balaban J connectivity index is 3.00. The zero-order chi connectivity index (χ0) is 15.3. The van der Waals surface area contributed by atoms with Crippen molar-refractivity contribution in [2.24, 2.45) is 0 Å². The first kappa shape index (κ1) is 15.7. The molecule has 1 aromatic heterocycles. The van der Waals surface area contributed by atoms with Crippen molar-refractivity contribution in [1.82, 2.24) is 14.9 Å². The number of nitriles is 3. The molecule has 1 heterocycles. The Morgan fingerprint density at radius 3 is 2.40 bits per heavy atom. The highest BCUT2D eigenvalue weighted by Crippen LogP contribution is 2.23. The fraction of sp³-hybridized carbons (Fsp3) is 0.571. The van der Waals surface area contributed by atoms with Crippen molar-refractivity contribution in [1.29, 1.82) is 15.8 Å². The predicted molar refractivity (Wildman–Crippen MR) is 73.3 cm³/mol. The van der Waals surface area contributed by atoms with Crippen LogP contribution in [0.15, 0.2) is 6.33 Å². The minimum atomic E-state index is -0.697. The zero-order valence-electron chi connectivity index (χ0n) is 12.2. The molecular formula is C14H18N6. The molecule has 0 aliphatic carbocycles. The number of rotatable bonds is 5. The van der Waals surface area contributed by atoms with Crippen LogP contribution >= 0.6 is 0 Å². The summed E-state index contributed by atoms with van der Waals surface area (Å²) in [6.45, 7) is 7.69. The van der Waals surface area contributed by atoms with Gasteiger partial charge < -0.3 is 4.57 Å². The number of imidazole rings is 1. The molecule has 104 valence electrons. The highest BCUT2D eigenvalue weighted by molar-refractivity contribution is 5.36. The van der Waals surface area contributed by atoms with Crippen molar-refractivity contribution < 1.29 is 0 Å². The molecule has 0 amide bonds. The van der Waals surface area contributed by atoms with Gasteiger partial charge in [-0.2, -0.15) is 15.8 Å². The minimum absolute atomic E-state index is 0.116. The van der Waals surface area contributed by atoms with Crippen molar-refractivity contribution in [2.75, 3.05) is 0 Å². The van der Waals surface area contributed by atoms with Gasteiger partial charge in [-0.3, -0.25) is 5.32 Å². The molecule has 1 N–H and O–H groups in total. The third-order valence-corrected chi connectivity index (χ3v) is 3.04. The summed E-state index contributed by atoms with van der Waals surface area (Å²) in [6, 6.07) is 6.23. The number of nitrogens with zero attached hydrogens (tertiary/aromatic N) is 5. The van der Waals surface area contributed by atoms with Gasteiger partial charge >= 0.3 is 0 Å². The van der Waals surface area contributed by atoms with Crippen LogP contribution < -0.4 is 5.32 Å². The van der Waals surface area contributed by atoms with E-state index in [1.54, 1.807) is 4.57 Å². The molecule has 6 heteroatoms. The average molecular weight is 270 g/mol. The maximum absolute atomic E-state index is 9.35. The van der Waals surface area contributed by atoms with Crippen molar-refractivity contribution in [2.45, 2.75) is 51.7 Å². The summed E-state index contributed by atoms with van der Waals surface area (Å²) in [5.74, 6) is 0. The van der Waals surface area contributed by atoms with Gasteiger partial charge in [0.2, 0.25) is 0 Å². The molecule has 6 nitrogen and oxygen atoms in total. The van der Waals surface area contributed by atoms with Crippen LogP contribution in [0.4, 0.5) is 0 Å². The Morgan fingerprint density at radius 2 is 1.95 bits per heavy atom. The van der Waals surface area contributed by atoms with E-state index < -0.39 is 5.54 Å². The molecule has 20 heavy (non-hydrogen) atoms. The second kappa shape index (κ2) is 6.19. The molecule has 0 bridgehead atoms. The second-order valence-electron chi connectivity index (χ2n) is 5.37. The van der Waals surface area contributed by atoms with E-state index in [0.29, 0.717) is 6.42 Å². The highest BCUT2D eigenvalue weighted by Gasteiger charge is 2.28. The van der Waals surface area contributed by atoms with Gasteiger partial charge in [-0.1, -0.05) is 0 Å². The molecular weight excluding hydrogens is 252 g/mol. The van der Waals surface area contributed by atoms with Crippen LogP contribution in [-0.2, 0) is 0 Å². The van der Waals surface area contributed by atoms with Crippen LogP contribution in [0.3, 0.4) is 0 Å². The Hall–Kier alpha value is -2.36. The smallest absolute Gasteiger partial charge is 0.176 e. The van der Waals surface area contributed by atoms with Crippen LogP contribution in [0.1, 0.15) is 51.5 Å². The molecule has 0 aliphatic heterocycles. The van der Waals surface area contributed by atoms with Gasteiger partial charge in [-0.25, -0.2) is 4.98 Å². The fourth-order valence-electron chi connectivity index (χ4n) is 2.35. The summed E-state index contributed by atoms with van der Waals surface area (Å²) in [7, 11) is 0. The lowest BCUT2D eigenvalue weighted by atomic mass is 9.94. The number of hydrogen-bond acceptors (Lipinski definition) is 5. The molecule has 0 radical (unpaired) electrons. The fourth-order valence-corrected chi connectivity index (χ4v) is 2.35. The molecule has 0 aliphatic rings. The molecule has 0 aromatic carbocycles. The predicted octanol–water partition coefficient (Wildman–Crippen LogP) is 1.86. The van der Waals surface area contributed by atoms with Gasteiger partial charge in [0.1, 0.15) is 17.7 Å². The van der Waals surface area contributed by atoms with Gasteiger partial charge in [-0.15, -0.1) is 0 Å². The van der Waals surface area contributed by atoms with Crippen molar-refractivity contribution in [3.63, 3.8) is 0 Å². The van der Waals surface area contributed by atoms with Crippen LogP contribution in [-0.4, -0.2) is 21.1 Å². The van der Waals surface area contributed by atoms with Crippen molar-refractivity contribution in [3.8, 4) is 18.2 Å². The van der Waals surface area contributed by atoms with Gasteiger partial charge in [0.25, 0.3) is 0 Å². The molecule has 0 saturated heterocycles. The lowest BCUT2D eigenvalue weighted by Gasteiger charge is -2.29. The first-order valence-corrected chi connectivity index (χ1v) is 6.43. The van der Waals surface area contributed by atoms with E-state index in [1.807, 2.05) is 39.8 Å². The third kappa shape index (κ3) is 3.35. The number of aromatic nitrogens is 2. The Bertz CT molecular complexity index is 595. The quantitative estimate of drug-likeness (QED) is 0.879. The van der Waals surface area contributed by atoms with Gasteiger partial charge in [0.15, 0.2) is 11.4 Å². The standard InChI is InChI=1S/C14H18N6/c1-10(2)19-14(4,8-17)5-11(3)20-9-18-12(6-15)13(20)7-16/h9-11,19H,5H2,1-4H3. The Morgan fingerprint density at radius 1 is 1.30 bits per heavy atom. The number of hydrogen-bond donors (Lipinski definition) is 1. The molecule has 0 spiro atoms. The van der Waals surface area contributed by atoms with Crippen molar-refractivity contribution in [3.05, 3.63) is 17.7 Å². The summed E-state index contributed by atoms with van der Waals surface area (Å²) in [4.78, 5) is 3.92. The molecule has 0 saturated carbocycles. The Labute approximate surface area is 119 Å². The topological polar surface area (TPSA) is 101 Å². The largest absolute Gasteiger partial charge is 0.318 e. The maximum atomic E-state index is 9.35. The molecule has 2 unspecified atom stereocenters. The monoisotopic (exact) mass is 270 g/mol. The SMILES string of the molecule is CC(C)NC(C)(C#N)CC(C)n1cnc(C#N)c1C#N. The normalized spacial score (nSPS) is 14.9. The average Bonchev–Trinajstić information content (AvgIpc) is 2.80. The van der Waals surface area contributed by atoms with Gasteiger partial charge in [-0.05, 0) is 34.1 Å².